The van der Waals surface area contributed by atoms with Crippen LogP contribution < -0.4 is 5.32 Å². The molecule has 1 heterocycles. The number of ether oxygens (including phenoxy) is 1. The van der Waals surface area contributed by atoms with Gasteiger partial charge in [0.1, 0.15) is 11.9 Å². The van der Waals surface area contributed by atoms with E-state index in [9.17, 15) is 23.9 Å². The minimum atomic E-state index is -1.18. The van der Waals surface area contributed by atoms with Gasteiger partial charge in [-0.05, 0) is 141 Å². The zero-order chi connectivity index (χ0) is 38.5. The molecule has 10 heteroatoms. The number of anilines is 1. The van der Waals surface area contributed by atoms with Crippen LogP contribution in [0.15, 0.2) is 39.8 Å². The van der Waals surface area contributed by atoms with Crippen LogP contribution in [0.1, 0.15) is 127 Å². The normalized spacial score (nSPS) is 36.3. The molecule has 2 N–H and O–H groups in total. The lowest BCUT2D eigenvalue weighted by molar-refractivity contribution is -0.231. The summed E-state index contributed by atoms with van der Waals surface area (Å²) >= 11 is 0. The van der Waals surface area contributed by atoms with E-state index in [0.717, 1.165) is 56.9 Å². The minimum Gasteiger partial charge on any atom is -0.481 e. The summed E-state index contributed by atoms with van der Waals surface area (Å²) in [6.45, 7) is 19.5. The Morgan fingerprint density at radius 1 is 0.962 bits per heavy atom. The quantitative estimate of drug-likeness (QED) is 0.255. The Bertz CT molecular complexity index is 1850. The Kier molecular flexibility index (Phi) is 8.89. The molecule has 0 spiro atoms. The van der Waals surface area contributed by atoms with E-state index in [-0.39, 0.29) is 63.6 Å². The Morgan fingerprint density at radius 3 is 2.32 bits per heavy atom. The monoisotopic (exact) mass is 731 g/mol. The van der Waals surface area contributed by atoms with Crippen LogP contribution in [0.25, 0.3) is 11.5 Å². The second kappa shape index (κ2) is 12.5. The van der Waals surface area contributed by atoms with Crippen molar-refractivity contribution in [1.29, 1.82) is 0 Å². The van der Waals surface area contributed by atoms with Crippen LogP contribution in [0, 0.1) is 56.6 Å². The number of carboxylic acid groups (broad SMARTS) is 1. The Morgan fingerprint density at radius 2 is 1.66 bits per heavy atom. The Labute approximate surface area is 313 Å². The van der Waals surface area contributed by atoms with E-state index in [0.29, 0.717) is 29.7 Å². The number of allylic oxidation sites excluding steroid dienone is 1. The minimum absolute atomic E-state index is 0.0272. The van der Waals surface area contributed by atoms with Crippen LogP contribution in [-0.2, 0) is 19.1 Å². The summed E-state index contributed by atoms with van der Waals surface area (Å²) in [6, 6.07) is 6.26. The van der Waals surface area contributed by atoms with Gasteiger partial charge < -0.3 is 19.6 Å². The lowest BCUT2D eigenvalue weighted by atomic mass is 9.33. The van der Waals surface area contributed by atoms with E-state index in [4.69, 9.17) is 9.15 Å². The molecule has 288 valence electrons. The fourth-order valence-electron chi connectivity index (χ4n) is 12.8. The molecular weight excluding hydrogens is 673 g/mol. The number of nitrogens with zero attached hydrogens (tertiary/aromatic N) is 2. The molecule has 1 aromatic heterocycles. The Balaban J connectivity index is 1.17. The maximum Gasteiger partial charge on any atom is 0.316 e. The first-order valence-corrected chi connectivity index (χ1v) is 19.8. The van der Waals surface area contributed by atoms with Crippen molar-refractivity contribution in [2.75, 3.05) is 5.32 Å². The summed E-state index contributed by atoms with van der Waals surface area (Å²) in [5.74, 6) is -0.143. The van der Waals surface area contributed by atoms with Crippen molar-refractivity contribution in [2.24, 2.45) is 50.7 Å². The molecular formula is C43H58FN3O6. The van der Waals surface area contributed by atoms with Gasteiger partial charge in [-0.15, -0.1) is 5.10 Å². The summed E-state index contributed by atoms with van der Waals surface area (Å²) in [7, 11) is 0. The molecule has 2 aromatic rings. The van der Waals surface area contributed by atoms with Gasteiger partial charge in [0.2, 0.25) is 5.89 Å². The zero-order valence-corrected chi connectivity index (χ0v) is 33.0. The SMILES string of the molecule is CC(C)C1=C2[C@H]3CC[C@@H]4[C@@]5(C)CC[C@H](OC(=O)CC(C)(C)C(=O)O)C(C)(C)[C@@H]5CC[C@@]4(C)[C@]3(C)CC[C@@]2(Nc2nnc(-c3ccc(F)cc3)o2)CC1=O. The van der Waals surface area contributed by atoms with Gasteiger partial charge in [0.25, 0.3) is 0 Å². The number of aliphatic carboxylic acids is 1. The van der Waals surface area contributed by atoms with Gasteiger partial charge in [-0.1, -0.05) is 53.6 Å². The van der Waals surface area contributed by atoms with E-state index < -0.39 is 22.9 Å². The molecule has 4 saturated carbocycles. The first-order chi connectivity index (χ1) is 24.7. The molecule has 0 bridgehead atoms. The van der Waals surface area contributed by atoms with E-state index in [2.05, 4.69) is 64.0 Å². The standard InChI is InChI=1S/C43H58FN3O6/c1-24(2)33-28(48)22-43(45-37-47-46-35(53-37)25-10-12-26(44)13-11-25)21-20-41(8)27(34(33)43)14-15-30-40(7)18-17-31(52-32(49)23-38(3,4)36(50)51)39(5,6)29(40)16-19-42(30,41)9/h10-13,24,27,29-31H,14-23H2,1-9H3,(H,45,47)(H,50,51)/t27-,29+,30-,31+,40+,41-,42-,43-/m1/s1. The summed E-state index contributed by atoms with van der Waals surface area (Å²) in [4.78, 5) is 38.9. The summed E-state index contributed by atoms with van der Waals surface area (Å²) in [6.07, 6.45) is 7.57. The first kappa shape index (κ1) is 37.7. The smallest absolute Gasteiger partial charge is 0.316 e. The van der Waals surface area contributed by atoms with Gasteiger partial charge in [0.05, 0.1) is 17.4 Å². The molecule has 5 aliphatic rings. The molecule has 53 heavy (non-hydrogen) atoms. The van der Waals surface area contributed by atoms with Crippen molar-refractivity contribution in [1.82, 2.24) is 10.2 Å². The lowest BCUT2D eigenvalue weighted by Gasteiger charge is -2.72. The molecule has 0 saturated heterocycles. The van der Waals surface area contributed by atoms with Gasteiger partial charge >= 0.3 is 18.0 Å². The van der Waals surface area contributed by atoms with Crippen molar-refractivity contribution in [3.63, 3.8) is 0 Å². The van der Waals surface area contributed by atoms with E-state index in [1.807, 2.05) is 0 Å². The summed E-state index contributed by atoms with van der Waals surface area (Å²) < 4.78 is 25.9. The van der Waals surface area contributed by atoms with Gasteiger partial charge in [-0.25, -0.2) is 4.39 Å². The van der Waals surface area contributed by atoms with E-state index >= 15 is 0 Å². The number of carbonyl (C=O) groups excluding carboxylic acids is 2. The number of hydrogen-bond donors (Lipinski definition) is 2. The molecule has 4 fully saturated rings. The molecule has 0 radical (unpaired) electrons. The topological polar surface area (TPSA) is 132 Å². The van der Waals surface area contributed by atoms with Crippen LogP contribution in [0.5, 0.6) is 0 Å². The second-order valence-corrected chi connectivity index (χ2v) is 19.5. The number of rotatable bonds is 8. The molecule has 7 rings (SSSR count). The highest BCUT2D eigenvalue weighted by atomic mass is 19.1. The fraction of sp³-hybridized carbons (Fsp3) is 0.698. The molecule has 5 aliphatic carbocycles. The number of esters is 1. The lowest BCUT2D eigenvalue weighted by Crippen LogP contribution is -2.66. The van der Waals surface area contributed by atoms with Gasteiger partial charge in [-0.2, -0.15) is 0 Å². The summed E-state index contributed by atoms with van der Waals surface area (Å²) in [5.41, 5.74) is 0.837. The van der Waals surface area contributed by atoms with Crippen molar-refractivity contribution in [3.05, 3.63) is 41.2 Å². The van der Waals surface area contributed by atoms with Crippen LogP contribution in [0.4, 0.5) is 10.4 Å². The molecule has 0 unspecified atom stereocenters. The first-order valence-electron chi connectivity index (χ1n) is 19.8. The average molecular weight is 732 g/mol. The molecule has 0 aliphatic heterocycles. The van der Waals surface area contributed by atoms with E-state index in [1.165, 1.54) is 17.7 Å². The largest absolute Gasteiger partial charge is 0.481 e. The van der Waals surface area contributed by atoms with Crippen molar-refractivity contribution >= 4 is 23.7 Å². The molecule has 0 amide bonds. The molecule has 1 aromatic carbocycles. The highest BCUT2D eigenvalue weighted by molar-refractivity contribution is 6.02. The van der Waals surface area contributed by atoms with Crippen molar-refractivity contribution in [2.45, 2.75) is 138 Å². The second-order valence-electron chi connectivity index (χ2n) is 19.5. The van der Waals surface area contributed by atoms with Crippen LogP contribution >= 0.6 is 0 Å². The third-order valence-corrected chi connectivity index (χ3v) is 15.7. The summed E-state index contributed by atoms with van der Waals surface area (Å²) in [5, 5.41) is 21.9. The number of halogens is 1. The van der Waals surface area contributed by atoms with Crippen LogP contribution in [0.3, 0.4) is 0 Å². The number of benzene rings is 1. The third kappa shape index (κ3) is 5.70. The highest BCUT2D eigenvalue weighted by Gasteiger charge is 2.70. The maximum atomic E-state index is 14.0. The van der Waals surface area contributed by atoms with Gasteiger partial charge in [-0.3, -0.25) is 14.4 Å². The molecule has 8 atom stereocenters. The number of carbonyl (C=O) groups is 3. The number of nitrogens with one attached hydrogen (secondary N) is 1. The highest BCUT2D eigenvalue weighted by Crippen LogP contribution is 2.76. The van der Waals surface area contributed by atoms with Crippen molar-refractivity contribution in [3.8, 4) is 11.5 Å². The van der Waals surface area contributed by atoms with Crippen LogP contribution in [-0.4, -0.2) is 44.7 Å². The predicted octanol–water partition coefficient (Wildman–Crippen LogP) is 9.43. The third-order valence-electron chi connectivity index (χ3n) is 15.7. The van der Waals surface area contributed by atoms with Crippen LogP contribution in [0.2, 0.25) is 0 Å². The van der Waals surface area contributed by atoms with E-state index in [1.54, 1.807) is 26.0 Å². The Hall–Kier alpha value is -3.56. The fourth-order valence-corrected chi connectivity index (χ4v) is 12.8. The number of hydrogen-bond acceptors (Lipinski definition) is 8. The average Bonchev–Trinajstić information content (AvgIpc) is 3.64. The zero-order valence-electron chi connectivity index (χ0n) is 33.0. The number of fused-ring (bicyclic) bond motifs is 7. The van der Waals surface area contributed by atoms with Gasteiger partial charge in [0, 0.05) is 17.4 Å². The van der Waals surface area contributed by atoms with Gasteiger partial charge in [0.15, 0.2) is 5.78 Å². The number of carboxylic acids is 1. The van der Waals surface area contributed by atoms with Crippen molar-refractivity contribution < 1.29 is 33.0 Å². The molecule has 9 nitrogen and oxygen atoms in total. The maximum absolute atomic E-state index is 14.0. The predicted molar refractivity (Wildman–Crippen MR) is 199 cm³/mol. The number of aromatic nitrogens is 2. The number of Topliss-reactive ketones (excluding diaryl/α,β-unsaturated/α-hetero) is 1. The number of ketones is 1.